The first-order valence-corrected chi connectivity index (χ1v) is 9.65. The molecular weight excluding hydrogens is 346 g/mol. The van der Waals surface area contributed by atoms with Gasteiger partial charge in [-0.1, -0.05) is 0 Å². The molecular formula is C19H29N5O3. The summed E-state index contributed by atoms with van der Waals surface area (Å²) in [6.45, 7) is 4.57. The Hall–Kier alpha value is -1.92. The van der Waals surface area contributed by atoms with E-state index < -0.39 is 0 Å². The Balaban J connectivity index is 1.79. The average molecular weight is 375 g/mol. The SMILES string of the molecule is CN1CCc2c(C#N)c(NCCOCCO)nc(NC[C@H]3CCCO3)c2C1. The van der Waals surface area contributed by atoms with E-state index in [4.69, 9.17) is 19.6 Å². The van der Waals surface area contributed by atoms with Crippen LogP contribution >= 0.6 is 0 Å². The van der Waals surface area contributed by atoms with Crippen LogP contribution in [0.4, 0.5) is 11.6 Å². The van der Waals surface area contributed by atoms with Crippen LogP contribution in [0.5, 0.6) is 0 Å². The normalized spacial score (nSPS) is 19.5. The van der Waals surface area contributed by atoms with Gasteiger partial charge in [-0.2, -0.15) is 5.26 Å². The average Bonchev–Trinajstić information content (AvgIpc) is 3.19. The Morgan fingerprint density at radius 1 is 1.33 bits per heavy atom. The molecule has 1 fully saturated rings. The molecule has 27 heavy (non-hydrogen) atoms. The van der Waals surface area contributed by atoms with Gasteiger partial charge in [-0.3, -0.25) is 0 Å². The summed E-state index contributed by atoms with van der Waals surface area (Å²) in [6.07, 6.45) is 3.23. The van der Waals surface area contributed by atoms with Gasteiger partial charge in [0.25, 0.3) is 0 Å². The molecule has 2 aliphatic heterocycles. The second-order valence-corrected chi connectivity index (χ2v) is 7.02. The van der Waals surface area contributed by atoms with E-state index in [1.807, 2.05) is 0 Å². The Morgan fingerprint density at radius 2 is 2.22 bits per heavy atom. The number of rotatable bonds is 9. The zero-order chi connectivity index (χ0) is 19.1. The maximum absolute atomic E-state index is 9.73. The number of nitrogens with zero attached hydrogens (tertiary/aromatic N) is 3. The third-order valence-corrected chi connectivity index (χ3v) is 4.99. The summed E-state index contributed by atoms with van der Waals surface area (Å²) in [5, 5.41) is 25.2. The van der Waals surface area contributed by atoms with E-state index in [1.54, 1.807) is 0 Å². The molecule has 0 unspecified atom stereocenters. The number of anilines is 2. The van der Waals surface area contributed by atoms with Gasteiger partial charge < -0.3 is 30.1 Å². The predicted molar refractivity (Wildman–Crippen MR) is 103 cm³/mol. The highest BCUT2D eigenvalue weighted by Gasteiger charge is 2.25. The van der Waals surface area contributed by atoms with Crippen molar-refractivity contribution >= 4 is 11.6 Å². The third kappa shape index (κ3) is 5.08. The standard InChI is InChI=1S/C19H29N5O3/c1-24-6-4-15-16(11-20)18(21-5-9-26-10-7-25)23-19(17(15)13-24)22-12-14-3-2-8-27-14/h14,25H,2-10,12-13H2,1H3,(H2,21,22,23)/t14-/m1/s1. The third-order valence-electron chi connectivity index (χ3n) is 4.99. The number of hydrogen-bond donors (Lipinski definition) is 3. The Bertz CT molecular complexity index is 670. The van der Waals surface area contributed by atoms with Gasteiger partial charge in [-0.15, -0.1) is 0 Å². The lowest BCUT2D eigenvalue weighted by Crippen LogP contribution is -2.30. The molecule has 8 nitrogen and oxygen atoms in total. The molecule has 3 N–H and O–H groups in total. The minimum absolute atomic E-state index is 0.00532. The van der Waals surface area contributed by atoms with E-state index in [0.717, 1.165) is 62.4 Å². The Morgan fingerprint density at radius 3 is 2.96 bits per heavy atom. The smallest absolute Gasteiger partial charge is 0.146 e. The highest BCUT2D eigenvalue weighted by molar-refractivity contribution is 5.66. The fourth-order valence-corrected chi connectivity index (χ4v) is 3.59. The first-order valence-electron chi connectivity index (χ1n) is 9.65. The van der Waals surface area contributed by atoms with Gasteiger partial charge in [0.1, 0.15) is 17.7 Å². The number of fused-ring (bicyclic) bond motifs is 1. The molecule has 3 heterocycles. The van der Waals surface area contributed by atoms with Crippen LogP contribution in [-0.4, -0.2) is 74.2 Å². The van der Waals surface area contributed by atoms with Crippen LogP contribution in [0.3, 0.4) is 0 Å². The number of hydrogen-bond acceptors (Lipinski definition) is 8. The molecule has 1 aromatic rings. The molecule has 2 aliphatic rings. The minimum Gasteiger partial charge on any atom is -0.394 e. The highest BCUT2D eigenvalue weighted by Crippen LogP contribution is 2.31. The number of likely N-dealkylation sites (N-methyl/N-ethyl adjacent to an activating group) is 1. The van der Waals surface area contributed by atoms with Crippen LogP contribution in [-0.2, 0) is 22.4 Å². The molecule has 1 atom stereocenters. The molecule has 0 bridgehead atoms. The second-order valence-electron chi connectivity index (χ2n) is 7.02. The van der Waals surface area contributed by atoms with Crippen molar-refractivity contribution in [3.8, 4) is 6.07 Å². The number of pyridine rings is 1. The van der Waals surface area contributed by atoms with Gasteiger partial charge in [0.2, 0.25) is 0 Å². The van der Waals surface area contributed by atoms with Crippen molar-refractivity contribution in [1.82, 2.24) is 9.88 Å². The first-order chi connectivity index (χ1) is 13.2. The summed E-state index contributed by atoms with van der Waals surface area (Å²) in [6, 6.07) is 2.34. The fraction of sp³-hybridized carbons (Fsp3) is 0.684. The molecule has 148 valence electrons. The fourth-order valence-electron chi connectivity index (χ4n) is 3.59. The lowest BCUT2D eigenvalue weighted by Gasteiger charge is -2.29. The molecule has 3 rings (SSSR count). The van der Waals surface area contributed by atoms with E-state index in [9.17, 15) is 5.26 Å². The van der Waals surface area contributed by atoms with E-state index in [0.29, 0.717) is 31.1 Å². The van der Waals surface area contributed by atoms with Crippen molar-refractivity contribution in [2.24, 2.45) is 0 Å². The lowest BCUT2D eigenvalue weighted by atomic mass is 9.96. The summed E-state index contributed by atoms with van der Waals surface area (Å²) in [7, 11) is 2.09. The van der Waals surface area contributed by atoms with E-state index in [-0.39, 0.29) is 12.7 Å². The quantitative estimate of drug-likeness (QED) is 0.549. The van der Waals surface area contributed by atoms with Crippen molar-refractivity contribution in [2.45, 2.75) is 31.9 Å². The number of ether oxygens (including phenoxy) is 2. The molecule has 8 heteroatoms. The van der Waals surface area contributed by atoms with Gasteiger partial charge in [-0.05, 0) is 31.9 Å². The van der Waals surface area contributed by atoms with Gasteiger partial charge >= 0.3 is 0 Å². The number of nitrogens with one attached hydrogen (secondary N) is 2. The number of aliphatic hydroxyl groups excluding tert-OH is 1. The Labute approximate surface area is 160 Å². The molecule has 1 saturated heterocycles. The van der Waals surface area contributed by atoms with Crippen LogP contribution < -0.4 is 10.6 Å². The van der Waals surface area contributed by atoms with Crippen LogP contribution in [0.15, 0.2) is 0 Å². The number of nitriles is 1. The predicted octanol–water partition coefficient (Wildman–Crippen LogP) is 0.953. The van der Waals surface area contributed by atoms with E-state index in [2.05, 4.69) is 28.7 Å². The monoisotopic (exact) mass is 375 g/mol. The highest BCUT2D eigenvalue weighted by atomic mass is 16.5. The summed E-state index contributed by atoms with van der Waals surface area (Å²) in [5.74, 6) is 1.44. The summed E-state index contributed by atoms with van der Waals surface area (Å²) in [5.41, 5.74) is 2.82. The Kier molecular flexibility index (Phi) is 7.24. The minimum atomic E-state index is 0.00532. The lowest BCUT2D eigenvalue weighted by molar-refractivity contribution is 0.0992. The number of aromatic nitrogens is 1. The molecule has 0 amide bonds. The first kappa shape index (κ1) is 19.8. The maximum atomic E-state index is 9.73. The van der Waals surface area contributed by atoms with Crippen LogP contribution in [0.1, 0.15) is 29.5 Å². The van der Waals surface area contributed by atoms with Crippen molar-refractivity contribution < 1.29 is 14.6 Å². The summed E-state index contributed by atoms with van der Waals surface area (Å²) >= 11 is 0. The molecule has 0 saturated carbocycles. The second kappa shape index (κ2) is 9.85. The van der Waals surface area contributed by atoms with Crippen LogP contribution in [0.2, 0.25) is 0 Å². The van der Waals surface area contributed by atoms with Gasteiger partial charge in [0, 0.05) is 38.3 Å². The largest absolute Gasteiger partial charge is 0.394 e. The maximum Gasteiger partial charge on any atom is 0.146 e. The topological polar surface area (TPSA) is 103 Å². The molecule has 0 spiro atoms. The zero-order valence-corrected chi connectivity index (χ0v) is 16.0. The summed E-state index contributed by atoms with van der Waals surface area (Å²) < 4.78 is 11.0. The van der Waals surface area contributed by atoms with Crippen molar-refractivity contribution in [2.75, 3.05) is 63.7 Å². The molecule has 0 aliphatic carbocycles. The zero-order valence-electron chi connectivity index (χ0n) is 16.0. The molecule has 0 aromatic carbocycles. The van der Waals surface area contributed by atoms with Crippen LogP contribution in [0.25, 0.3) is 0 Å². The van der Waals surface area contributed by atoms with Crippen LogP contribution in [0, 0.1) is 11.3 Å². The molecule has 1 aromatic heterocycles. The van der Waals surface area contributed by atoms with Gasteiger partial charge in [0.15, 0.2) is 0 Å². The van der Waals surface area contributed by atoms with Crippen molar-refractivity contribution in [3.63, 3.8) is 0 Å². The summed E-state index contributed by atoms with van der Waals surface area (Å²) in [4.78, 5) is 6.99. The van der Waals surface area contributed by atoms with Crippen molar-refractivity contribution in [3.05, 3.63) is 16.7 Å². The van der Waals surface area contributed by atoms with Gasteiger partial charge in [-0.25, -0.2) is 4.98 Å². The van der Waals surface area contributed by atoms with E-state index in [1.165, 1.54) is 0 Å². The van der Waals surface area contributed by atoms with E-state index >= 15 is 0 Å². The molecule has 0 radical (unpaired) electrons. The van der Waals surface area contributed by atoms with Gasteiger partial charge in [0.05, 0.1) is 31.5 Å². The van der Waals surface area contributed by atoms with Crippen molar-refractivity contribution in [1.29, 1.82) is 5.26 Å². The number of aliphatic hydroxyl groups is 1.